The summed E-state index contributed by atoms with van der Waals surface area (Å²) in [5.41, 5.74) is 0. The van der Waals surface area contributed by atoms with Crippen molar-refractivity contribution in [3.63, 3.8) is 0 Å². The highest BCUT2D eigenvalue weighted by Gasteiger charge is 2.27. The molecule has 0 amide bonds. The Morgan fingerprint density at radius 2 is 1.80 bits per heavy atom. The van der Waals surface area contributed by atoms with E-state index in [1.165, 1.54) is 0 Å². The molecule has 0 radical (unpaired) electrons. The summed E-state index contributed by atoms with van der Waals surface area (Å²) in [6.07, 6.45) is 2.94. The molecule has 1 N–H and O–H groups in total. The summed E-state index contributed by atoms with van der Waals surface area (Å²) in [5.74, 6) is -0.824. The lowest BCUT2D eigenvalue weighted by atomic mass is 10.4. The van der Waals surface area contributed by atoms with Gasteiger partial charge in [-0.25, -0.2) is 4.79 Å². The normalized spacial score (nSPS) is 18.6. The van der Waals surface area contributed by atoms with Crippen LogP contribution < -0.4 is 0 Å². The molecule has 0 spiro atoms. The molecule has 0 aromatic rings. The minimum absolute atomic E-state index is 0.528. The molecule has 0 atom stereocenters. The second-order valence-corrected chi connectivity index (χ2v) is 2.34. The topological polar surface area (TPSA) is 43.8 Å². The van der Waals surface area contributed by atoms with E-state index in [1.54, 1.807) is 36.3 Å². The van der Waals surface area contributed by atoms with Gasteiger partial charge in [-0.05, 0) is 0 Å². The molecule has 10 heavy (non-hydrogen) atoms. The molecule has 1 aliphatic rings. The van der Waals surface area contributed by atoms with Crippen molar-refractivity contribution in [2.24, 2.45) is 0 Å². The SMILES string of the molecule is CN1C=CN(C)C1C(=O)O. The summed E-state index contributed by atoms with van der Waals surface area (Å²) in [7, 11) is 3.47. The Bertz CT molecular complexity index is 167. The van der Waals surface area contributed by atoms with Crippen LogP contribution in [0.1, 0.15) is 0 Å². The fourth-order valence-corrected chi connectivity index (χ4v) is 1.01. The third kappa shape index (κ3) is 0.920. The third-order valence-electron chi connectivity index (χ3n) is 1.53. The fraction of sp³-hybridized carbons (Fsp3) is 0.500. The molecule has 0 aliphatic carbocycles. The van der Waals surface area contributed by atoms with Crippen LogP contribution in [0.5, 0.6) is 0 Å². The molecular formula is C6H10N2O2. The van der Waals surface area contributed by atoms with Crippen LogP contribution in [0.4, 0.5) is 0 Å². The van der Waals surface area contributed by atoms with Crippen LogP contribution in [0, 0.1) is 0 Å². The maximum absolute atomic E-state index is 10.5. The van der Waals surface area contributed by atoms with Gasteiger partial charge in [0.2, 0.25) is 6.17 Å². The highest BCUT2D eigenvalue weighted by Crippen LogP contribution is 2.10. The average molecular weight is 142 g/mol. The van der Waals surface area contributed by atoms with E-state index in [4.69, 9.17) is 5.11 Å². The van der Waals surface area contributed by atoms with Crippen molar-refractivity contribution in [3.05, 3.63) is 12.4 Å². The van der Waals surface area contributed by atoms with Gasteiger partial charge in [-0.1, -0.05) is 0 Å². The Hall–Kier alpha value is -1.19. The molecule has 0 saturated heterocycles. The van der Waals surface area contributed by atoms with E-state index in [1.807, 2.05) is 0 Å². The number of rotatable bonds is 1. The molecule has 0 aromatic carbocycles. The van der Waals surface area contributed by atoms with Crippen molar-refractivity contribution in [2.45, 2.75) is 6.17 Å². The van der Waals surface area contributed by atoms with E-state index in [9.17, 15) is 4.79 Å². The molecule has 0 unspecified atom stereocenters. The maximum atomic E-state index is 10.5. The largest absolute Gasteiger partial charge is 0.478 e. The number of hydrogen-bond donors (Lipinski definition) is 1. The van der Waals surface area contributed by atoms with Crippen molar-refractivity contribution in [1.29, 1.82) is 0 Å². The van der Waals surface area contributed by atoms with Gasteiger partial charge >= 0.3 is 5.97 Å². The molecule has 1 aliphatic heterocycles. The minimum Gasteiger partial charge on any atom is -0.478 e. The van der Waals surface area contributed by atoms with Gasteiger partial charge in [-0.15, -0.1) is 0 Å². The molecule has 0 bridgehead atoms. The maximum Gasteiger partial charge on any atom is 0.347 e. The van der Waals surface area contributed by atoms with Gasteiger partial charge in [0.15, 0.2) is 0 Å². The van der Waals surface area contributed by atoms with E-state index in [0.29, 0.717) is 0 Å². The van der Waals surface area contributed by atoms with E-state index < -0.39 is 12.1 Å². The van der Waals surface area contributed by atoms with Crippen LogP contribution in [0.3, 0.4) is 0 Å². The van der Waals surface area contributed by atoms with Gasteiger partial charge in [0.05, 0.1) is 0 Å². The zero-order valence-electron chi connectivity index (χ0n) is 5.98. The molecule has 4 nitrogen and oxygen atoms in total. The van der Waals surface area contributed by atoms with Gasteiger partial charge in [-0.3, -0.25) is 0 Å². The molecule has 1 rings (SSSR count). The van der Waals surface area contributed by atoms with Crippen molar-refractivity contribution in [1.82, 2.24) is 9.80 Å². The standard InChI is InChI=1S/C6H10N2O2/c1-7-3-4-8(2)5(7)6(9)10/h3-5H,1-2H3,(H,9,10). The second-order valence-electron chi connectivity index (χ2n) is 2.34. The summed E-state index contributed by atoms with van der Waals surface area (Å²) in [4.78, 5) is 13.8. The van der Waals surface area contributed by atoms with Crippen LogP contribution in [-0.4, -0.2) is 41.1 Å². The number of carboxylic acids is 1. The Balaban J connectivity index is 2.69. The highest BCUT2D eigenvalue weighted by atomic mass is 16.4. The zero-order chi connectivity index (χ0) is 7.72. The molecule has 1 heterocycles. The number of carboxylic acid groups (broad SMARTS) is 1. The van der Waals surface area contributed by atoms with Crippen LogP contribution in [0.25, 0.3) is 0 Å². The number of likely N-dealkylation sites (N-methyl/N-ethyl adjacent to an activating group) is 2. The van der Waals surface area contributed by atoms with E-state index in [0.717, 1.165) is 0 Å². The molecule has 0 fully saturated rings. The molecule has 56 valence electrons. The zero-order valence-corrected chi connectivity index (χ0v) is 5.98. The first-order valence-corrected chi connectivity index (χ1v) is 2.98. The Kier molecular flexibility index (Phi) is 1.53. The van der Waals surface area contributed by atoms with Crippen molar-refractivity contribution >= 4 is 5.97 Å². The number of aliphatic carboxylic acids is 1. The van der Waals surface area contributed by atoms with Crippen molar-refractivity contribution in [2.75, 3.05) is 14.1 Å². The van der Waals surface area contributed by atoms with Crippen LogP contribution in [0.15, 0.2) is 12.4 Å². The first-order valence-electron chi connectivity index (χ1n) is 2.98. The van der Waals surface area contributed by atoms with Gasteiger partial charge in [-0.2, -0.15) is 0 Å². The van der Waals surface area contributed by atoms with E-state index >= 15 is 0 Å². The summed E-state index contributed by atoms with van der Waals surface area (Å²) < 4.78 is 0. The molecular weight excluding hydrogens is 132 g/mol. The smallest absolute Gasteiger partial charge is 0.347 e. The van der Waals surface area contributed by atoms with Gasteiger partial charge in [0.1, 0.15) is 0 Å². The third-order valence-corrected chi connectivity index (χ3v) is 1.53. The lowest BCUT2D eigenvalue weighted by Gasteiger charge is -2.22. The van der Waals surface area contributed by atoms with Crippen molar-refractivity contribution < 1.29 is 9.90 Å². The first kappa shape index (κ1) is 6.92. The highest BCUT2D eigenvalue weighted by molar-refractivity contribution is 5.73. The lowest BCUT2D eigenvalue weighted by Crippen LogP contribution is -2.41. The Labute approximate surface area is 59.3 Å². The lowest BCUT2D eigenvalue weighted by molar-refractivity contribution is -0.145. The molecule has 4 heteroatoms. The summed E-state index contributed by atoms with van der Waals surface area (Å²) in [6.45, 7) is 0. The van der Waals surface area contributed by atoms with Crippen LogP contribution >= 0.6 is 0 Å². The summed E-state index contributed by atoms with van der Waals surface area (Å²) in [5, 5.41) is 8.63. The van der Waals surface area contributed by atoms with Gasteiger partial charge in [0, 0.05) is 26.5 Å². The van der Waals surface area contributed by atoms with Crippen molar-refractivity contribution in [3.8, 4) is 0 Å². The number of hydrogen-bond acceptors (Lipinski definition) is 3. The Morgan fingerprint density at radius 1 is 1.40 bits per heavy atom. The average Bonchev–Trinajstić information content (AvgIpc) is 2.11. The van der Waals surface area contributed by atoms with Crippen LogP contribution in [0.2, 0.25) is 0 Å². The molecule has 0 aromatic heterocycles. The summed E-state index contributed by atoms with van der Waals surface area (Å²) >= 11 is 0. The summed E-state index contributed by atoms with van der Waals surface area (Å²) in [6, 6.07) is 0. The quantitative estimate of drug-likeness (QED) is 0.548. The van der Waals surface area contributed by atoms with E-state index in [2.05, 4.69) is 0 Å². The second kappa shape index (κ2) is 2.21. The van der Waals surface area contributed by atoms with Gasteiger partial charge < -0.3 is 14.9 Å². The fourth-order valence-electron chi connectivity index (χ4n) is 1.01. The van der Waals surface area contributed by atoms with Gasteiger partial charge in [0.25, 0.3) is 0 Å². The van der Waals surface area contributed by atoms with E-state index in [-0.39, 0.29) is 0 Å². The molecule has 0 saturated carbocycles. The predicted molar refractivity (Wildman–Crippen MR) is 36.1 cm³/mol. The first-order chi connectivity index (χ1) is 4.63. The van der Waals surface area contributed by atoms with Crippen LogP contribution in [-0.2, 0) is 4.79 Å². The minimum atomic E-state index is -0.824. The predicted octanol–water partition coefficient (Wildman–Crippen LogP) is -0.255. The monoisotopic (exact) mass is 142 g/mol. The Morgan fingerprint density at radius 3 is 2.00 bits per heavy atom. The number of nitrogens with zero attached hydrogens (tertiary/aromatic N) is 2. The number of carbonyl (C=O) groups is 1.